The van der Waals surface area contributed by atoms with Crippen LogP contribution in [0.4, 0.5) is 5.69 Å². The van der Waals surface area contributed by atoms with Crippen molar-refractivity contribution in [3.05, 3.63) is 35.7 Å². The van der Waals surface area contributed by atoms with E-state index in [0.29, 0.717) is 28.7 Å². The van der Waals surface area contributed by atoms with E-state index >= 15 is 0 Å². The number of carbonyl (C=O) groups excluding carboxylic acids is 2. The molecular formula is C16H18N6O2S. The number of nitrogens with one attached hydrogen (secondary N) is 1. The molecule has 25 heavy (non-hydrogen) atoms. The third kappa shape index (κ3) is 5.06. The predicted octanol–water partition coefficient (Wildman–Crippen LogP) is 1.22. The number of anilines is 1. The summed E-state index contributed by atoms with van der Waals surface area (Å²) < 4.78 is 1.74. The molecule has 0 aliphatic heterocycles. The smallest absolute Gasteiger partial charge is 0.237 e. The summed E-state index contributed by atoms with van der Waals surface area (Å²) in [6, 6.07) is 8.74. The number of nitrogens with zero attached hydrogens (tertiary/aromatic N) is 4. The van der Waals surface area contributed by atoms with Crippen molar-refractivity contribution in [1.82, 2.24) is 14.8 Å². The monoisotopic (exact) mass is 358 g/mol. The second-order valence-electron chi connectivity index (χ2n) is 5.37. The summed E-state index contributed by atoms with van der Waals surface area (Å²) in [5, 5.41) is 19.9. The Labute approximate surface area is 149 Å². The maximum Gasteiger partial charge on any atom is 0.237 e. The van der Waals surface area contributed by atoms with Crippen molar-refractivity contribution in [3.8, 4) is 6.07 Å². The summed E-state index contributed by atoms with van der Waals surface area (Å²) in [5.41, 5.74) is 6.18. The van der Waals surface area contributed by atoms with Crippen molar-refractivity contribution < 1.29 is 9.59 Å². The quantitative estimate of drug-likeness (QED) is 0.717. The summed E-state index contributed by atoms with van der Waals surface area (Å²) in [6.07, 6.45) is 0.600. The van der Waals surface area contributed by atoms with Crippen LogP contribution >= 0.6 is 11.8 Å². The summed E-state index contributed by atoms with van der Waals surface area (Å²) in [5.74, 6) is 0.0296. The largest absolute Gasteiger partial charge is 0.370 e. The Morgan fingerprint density at radius 1 is 1.44 bits per heavy atom. The van der Waals surface area contributed by atoms with E-state index in [-0.39, 0.29) is 12.3 Å². The van der Waals surface area contributed by atoms with Gasteiger partial charge in [-0.3, -0.25) is 9.59 Å². The highest BCUT2D eigenvalue weighted by Gasteiger charge is 2.19. The normalized spacial score (nSPS) is 11.6. The predicted molar refractivity (Wildman–Crippen MR) is 93.6 cm³/mol. The van der Waals surface area contributed by atoms with E-state index in [1.807, 2.05) is 6.07 Å². The van der Waals surface area contributed by atoms with Gasteiger partial charge in [0.15, 0.2) is 5.16 Å². The first-order valence-corrected chi connectivity index (χ1v) is 8.43. The molecule has 8 nitrogen and oxygen atoms in total. The molecule has 0 aliphatic carbocycles. The molecule has 2 aromatic rings. The van der Waals surface area contributed by atoms with E-state index in [0.717, 1.165) is 0 Å². The number of benzene rings is 1. The Morgan fingerprint density at radius 2 is 2.20 bits per heavy atom. The lowest BCUT2D eigenvalue weighted by molar-refractivity contribution is -0.118. The molecule has 0 saturated heterocycles. The minimum Gasteiger partial charge on any atom is -0.370 e. The van der Waals surface area contributed by atoms with Crippen molar-refractivity contribution in [2.24, 2.45) is 12.8 Å². The van der Waals surface area contributed by atoms with Crippen LogP contribution in [-0.4, -0.2) is 31.8 Å². The Morgan fingerprint density at radius 3 is 2.88 bits per heavy atom. The fraction of sp³-hybridized carbons (Fsp3) is 0.312. The highest BCUT2D eigenvalue weighted by atomic mass is 32.2. The standard InChI is InChI=1S/C16H18N6O2S/c1-10(15(24)19-12-5-3-4-11(8-12)9-17)25-16-21-20-14(22(16)2)7-6-13(18)23/h3-5,8,10H,6-7H2,1-2H3,(H2,18,23)(H,19,24)/t10-/m0/s1. The van der Waals surface area contributed by atoms with Gasteiger partial charge in [-0.2, -0.15) is 5.26 Å². The van der Waals surface area contributed by atoms with Crippen LogP contribution in [0, 0.1) is 11.3 Å². The maximum absolute atomic E-state index is 12.3. The first kappa shape index (κ1) is 18.5. The van der Waals surface area contributed by atoms with Crippen LogP contribution in [0.2, 0.25) is 0 Å². The highest BCUT2D eigenvalue weighted by molar-refractivity contribution is 8.00. The molecule has 0 aliphatic rings. The zero-order valence-corrected chi connectivity index (χ0v) is 14.7. The number of thioether (sulfide) groups is 1. The lowest BCUT2D eigenvalue weighted by atomic mass is 10.2. The van der Waals surface area contributed by atoms with Crippen molar-refractivity contribution in [2.45, 2.75) is 30.2 Å². The van der Waals surface area contributed by atoms with Gasteiger partial charge in [0.2, 0.25) is 11.8 Å². The van der Waals surface area contributed by atoms with E-state index in [4.69, 9.17) is 11.0 Å². The number of aromatic nitrogens is 3. The first-order chi connectivity index (χ1) is 11.9. The van der Waals surface area contributed by atoms with Gasteiger partial charge in [-0.05, 0) is 25.1 Å². The maximum atomic E-state index is 12.3. The van der Waals surface area contributed by atoms with Gasteiger partial charge < -0.3 is 15.6 Å². The van der Waals surface area contributed by atoms with Crippen molar-refractivity contribution in [1.29, 1.82) is 5.26 Å². The molecule has 0 radical (unpaired) electrons. The molecule has 1 atom stereocenters. The number of primary amides is 1. The second kappa shape index (κ2) is 8.30. The van der Waals surface area contributed by atoms with E-state index in [1.165, 1.54) is 11.8 Å². The SMILES string of the molecule is C[C@H](Sc1nnc(CCC(N)=O)n1C)C(=O)Nc1cccc(C#N)c1. The van der Waals surface area contributed by atoms with E-state index in [1.54, 1.807) is 42.8 Å². The van der Waals surface area contributed by atoms with E-state index < -0.39 is 11.2 Å². The molecule has 1 aromatic heterocycles. The van der Waals surface area contributed by atoms with Crippen LogP contribution in [0.15, 0.2) is 29.4 Å². The molecule has 0 fully saturated rings. The van der Waals surface area contributed by atoms with Crippen molar-refractivity contribution >= 4 is 29.3 Å². The van der Waals surface area contributed by atoms with E-state index in [9.17, 15) is 9.59 Å². The number of amides is 2. The van der Waals surface area contributed by atoms with Gasteiger partial charge >= 0.3 is 0 Å². The molecule has 1 aromatic carbocycles. The summed E-state index contributed by atoms with van der Waals surface area (Å²) in [7, 11) is 1.78. The van der Waals surface area contributed by atoms with Gasteiger partial charge in [0, 0.05) is 25.6 Å². The van der Waals surface area contributed by atoms with Gasteiger partial charge in [-0.25, -0.2) is 0 Å². The first-order valence-electron chi connectivity index (χ1n) is 7.55. The molecule has 1 heterocycles. The van der Waals surface area contributed by atoms with Gasteiger partial charge in [0.1, 0.15) is 5.82 Å². The number of rotatable bonds is 7. The molecule has 2 rings (SSSR count). The number of nitrogens with two attached hydrogens (primary N) is 1. The number of nitriles is 1. The molecular weight excluding hydrogens is 340 g/mol. The zero-order chi connectivity index (χ0) is 18.4. The topological polar surface area (TPSA) is 127 Å². The van der Waals surface area contributed by atoms with Crippen molar-refractivity contribution in [2.75, 3.05) is 5.32 Å². The van der Waals surface area contributed by atoms with Crippen LogP contribution in [-0.2, 0) is 23.1 Å². The van der Waals surface area contributed by atoms with Crippen LogP contribution in [0.3, 0.4) is 0 Å². The summed E-state index contributed by atoms with van der Waals surface area (Å²) >= 11 is 1.26. The third-order valence-corrected chi connectivity index (χ3v) is 4.56. The average Bonchev–Trinajstić information content (AvgIpc) is 2.93. The minimum atomic E-state index is -0.419. The molecule has 2 amide bonds. The molecule has 130 valence electrons. The summed E-state index contributed by atoms with van der Waals surface area (Å²) in [6.45, 7) is 1.76. The Hall–Kier alpha value is -2.86. The summed E-state index contributed by atoms with van der Waals surface area (Å²) in [4.78, 5) is 23.2. The number of carbonyl (C=O) groups is 2. The van der Waals surface area contributed by atoms with Crippen LogP contribution in [0.5, 0.6) is 0 Å². The lowest BCUT2D eigenvalue weighted by Gasteiger charge is -2.11. The fourth-order valence-corrected chi connectivity index (χ4v) is 2.86. The molecule has 3 N–H and O–H groups in total. The van der Waals surface area contributed by atoms with Crippen LogP contribution in [0.25, 0.3) is 0 Å². The highest BCUT2D eigenvalue weighted by Crippen LogP contribution is 2.23. The zero-order valence-electron chi connectivity index (χ0n) is 13.9. The molecule has 0 bridgehead atoms. The van der Waals surface area contributed by atoms with Crippen LogP contribution < -0.4 is 11.1 Å². The Bertz CT molecular complexity index is 826. The second-order valence-corrected chi connectivity index (χ2v) is 6.67. The average molecular weight is 358 g/mol. The Balaban J connectivity index is 1.99. The van der Waals surface area contributed by atoms with Gasteiger partial charge in [-0.15, -0.1) is 10.2 Å². The fourth-order valence-electron chi connectivity index (χ4n) is 2.02. The van der Waals surface area contributed by atoms with Crippen LogP contribution in [0.1, 0.15) is 24.7 Å². The Kier molecular flexibility index (Phi) is 6.14. The van der Waals surface area contributed by atoms with E-state index in [2.05, 4.69) is 15.5 Å². The number of aryl methyl sites for hydroxylation is 1. The lowest BCUT2D eigenvalue weighted by Crippen LogP contribution is -2.23. The molecule has 0 spiro atoms. The number of hydrogen-bond donors (Lipinski definition) is 2. The van der Waals surface area contributed by atoms with Gasteiger partial charge in [0.25, 0.3) is 0 Å². The third-order valence-electron chi connectivity index (χ3n) is 3.43. The molecule has 9 heteroatoms. The van der Waals surface area contributed by atoms with Crippen molar-refractivity contribution in [3.63, 3.8) is 0 Å². The molecule has 0 saturated carbocycles. The molecule has 0 unspecified atom stereocenters. The minimum absolute atomic E-state index is 0.196. The van der Waals surface area contributed by atoms with Gasteiger partial charge in [0.05, 0.1) is 16.9 Å². The van der Waals surface area contributed by atoms with Gasteiger partial charge in [-0.1, -0.05) is 17.8 Å². The number of hydrogen-bond acceptors (Lipinski definition) is 6.